The van der Waals surface area contributed by atoms with Gasteiger partial charge >= 0.3 is 18.4 Å². The number of aromatic nitrogens is 1. The summed E-state index contributed by atoms with van der Waals surface area (Å²) in [5.74, 6) is -0.168. The largest absolute Gasteiger partial charge is 0.443 e. The molecule has 0 bridgehead atoms. The molecule has 0 atom stereocenters. The normalized spacial score (nSPS) is 12.3. The number of ether oxygens (including phenoxy) is 2. The van der Waals surface area contributed by atoms with Crippen molar-refractivity contribution in [3.8, 4) is 11.1 Å². The Balaban J connectivity index is 2.50. The van der Waals surface area contributed by atoms with Crippen molar-refractivity contribution in [3.05, 3.63) is 47.7 Å². The number of nitrogens with zero attached hydrogens (tertiary/aromatic N) is 2. The van der Waals surface area contributed by atoms with Gasteiger partial charge in [0.05, 0.1) is 12.2 Å². The highest BCUT2D eigenvalue weighted by molar-refractivity contribution is 6.08. The lowest BCUT2D eigenvalue weighted by Gasteiger charge is -2.28. The second kappa shape index (κ2) is 9.38. The van der Waals surface area contributed by atoms with Gasteiger partial charge in [0.25, 0.3) is 0 Å². The molecule has 1 heterocycles. The van der Waals surface area contributed by atoms with Crippen LogP contribution in [0.5, 0.6) is 0 Å². The first-order valence-electron chi connectivity index (χ1n) is 10.1. The number of benzene rings is 1. The van der Waals surface area contributed by atoms with Gasteiger partial charge < -0.3 is 14.6 Å². The van der Waals surface area contributed by atoms with Gasteiger partial charge in [-0.1, -0.05) is 12.1 Å². The molecule has 33 heavy (non-hydrogen) atoms. The van der Waals surface area contributed by atoms with E-state index < -0.39 is 41.7 Å². The van der Waals surface area contributed by atoms with E-state index in [9.17, 15) is 27.9 Å². The molecule has 7 nitrogen and oxygen atoms in total. The highest BCUT2D eigenvalue weighted by Crippen LogP contribution is 2.33. The predicted molar refractivity (Wildman–Crippen MR) is 116 cm³/mol. The minimum Gasteiger partial charge on any atom is -0.443 e. The average molecular weight is 468 g/mol. The molecule has 10 heteroatoms. The molecule has 2 rings (SSSR count). The fourth-order valence-electron chi connectivity index (χ4n) is 2.71. The number of hydrogen-bond donors (Lipinski definition) is 1. The van der Waals surface area contributed by atoms with E-state index in [1.807, 2.05) is 0 Å². The Morgan fingerprint density at radius 2 is 1.42 bits per heavy atom. The third kappa shape index (κ3) is 7.18. The topological polar surface area (TPSA) is 89.0 Å². The van der Waals surface area contributed by atoms with Gasteiger partial charge in [0.15, 0.2) is 0 Å². The van der Waals surface area contributed by atoms with E-state index >= 15 is 0 Å². The summed E-state index contributed by atoms with van der Waals surface area (Å²) in [5.41, 5.74) is -1.72. The highest BCUT2D eigenvalue weighted by atomic mass is 19.4. The SMILES string of the molecule is CC(C)(C)OC(=O)N(C(=O)OC(C)(C)C)c1cc(CO)c(-c2ccc(C(F)(F)F)cc2)cn1. The molecule has 2 amide bonds. The van der Waals surface area contributed by atoms with Crippen LogP contribution in [0.1, 0.15) is 52.7 Å². The molecular weight excluding hydrogens is 441 g/mol. The molecule has 0 saturated carbocycles. The van der Waals surface area contributed by atoms with Gasteiger partial charge in [-0.3, -0.25) is 0 Å². The molecule has 0 unspecified atom stereocenters. The van der Waals surface area contributed by atoms with Crippen LogP contribution in [0.25, 0.3) is 11.1 Å². The van der Waals surface area contributed by atoms with Crippen LogP contribution in [-0.4, -0.2) is 33.5 Å². The summed E-state index contributed by atoms with van der Waals surface area (Å²) in [4.78, 5) is 30.3. The van der Waals surface area contributed by atoms with Crippen LogP contribution in [0, 0.1) is 0 Å². The minimum atomic E-state index is -4.48. The molecule has 0 fully saturated rings. The van der Waals surface area contributed by atoms with Gasteiger partial charge in [0.1, 0.15) is 17.0 Å². The van der Waals surface area contributed by atoms with Crippen molar-refractivity contribution in [2.24, 2.45) is 0 Å². The number of pyridine rings is 1. The Hall–Kier alpha value is -3.14. The molecular formula is C23H27F3N2O5. The Morgan fingerprint density at radius 3 is 1.82 bits per heavy atom. The Morgan fingerprint density at radius 1 is 0.939 bits per heavy atom. The van der Waals surface area contributed by atoms with E-state index in [0.29, 0.717) is 16.0 Å². The first-order valence-corrected chi connectivity index (χ1v) is 10.1. The summed E-state index contributed by atoms with van der Waals surface area (Å²) < 4.78 is 49.2. The Bertz CT molecular complexity index is 979. The first-order chi connectivity index (χ1) is 15.0. The smallest absolute Gasteiger partial charge is 0.425 e. The van der Waals surface area contributed by atoms with Crippen LogP contribution in [0.3, 0.4) is 0 Å². The number of rotatable bonds is 3. The van der Waals surface area contributed by atoms with E-state index in [4.69, 9.17) is 9.47 Å². The monoisotopic (exact) mass is 468 g/mol. The summed E-state index contributed by atoms with van der Waals surface area (Å²) in [6.45, 7) is 9.22. The van der Waals surface area contributed by atoms with Gasteiger partial charge in [-0.05, 0) is 70.9 Å². The van der Waals surface area contributed by atoms with Crippen molar-refractivity contribution in [1.29, 1.82) is 0 Å². The maximum Gasteiger partial charge on any atom is 0.425 e. The lowest BCUT2D eigenvalue weighted by molar-refractivity contribution is -0.137. The predicted octanol–water partition coefficient (Wildman–Crippen LogP) is 5.94. The fraction of sp³-hybridized carbons (Fsp3) is 0.435. The van der Waals surface area contributed by atoms with E-state index in [2.05, 4.69) is 4.98 Å². The molecule has 0 aliphatic rings. The summed E-state index contributed by atoms with van der Waals surface area (Å²) >= 11 is 0. The number of aliphatic hydroxyl groups excluding tert-OH is 1. The zero-order valence-corrected chi connectivity index (χ0v) is 19.3. The van der Waals surface area contributed by atoms with Gasteiger partial charge in [-0.2, -0.15) is 18.1 Å². The lowest BCUT2D eigenvalue weighted by Crippen LogP contribution is -2.44. The molecule has 0 radical (unpaired) electrons. The molecule has 1 aromatic carbocycles. The van der Waals surface area contributed by atoms with Gasteiger partial charge in [0, 0.05) is 11.8 Å². The van der Waals surface area contributed by atoms with Crippen LogP contribution < -0.4 is 4.90 Å². The van der Waals surface area contributed by atoms with Gasteiger partial charge in [-0.25, -0.2) is 14.6 Å². The van der Waals surface area contributed by atoms with Crippen molar-refractivity contribution in [1.82, 2.24) is 4.98 Å². The van der Waals surface area contributed by atoms with E-state index in [1.54, 1.807) is 41.5 Å². The number of anilines is 1. The zero-order valence-electron chi connectivity index (χ0n) is 19.3. The molecule has 180 valence electrons. The van der Waals surface area contributed by atoms with Crippen LogP contribution >= 0.6 is 0 Å². The minimum absolute atomic E-state index is 0.168. The molecule has 0 aliphatic heterocycles. The lowest BCUT2D eigenvalue weighted by atomic mass is 10.0. The third-order valence-electron chi connectivity index (χ3n) is 4.05. The second-order valence-electron chi connectivity index (χ2n) is 9.23. The molecule has 0 spiro atoms. The van der Waals surface area contributed by atoms with Crippen molar-refractivity contribution in [2.75, 3.05) is 4.90 Å². The first kappa shape index (κ1) is 26.1. The van der Waals surface area contributed by atoms with Gasteiger partial charge in [-0.15, -0.1) is 0 Å². The Labute approximate surface area is 190 Å². The van der Waals surface area contributed by atoms with Crippen LogP contribution in [-0.2, 0) is 22.3 Å². The zero-order chi connectivity index (χ0) is 25.2. The van der Waals surface area contributed by atoms with Crippen molar-refractivity contribution < 1.29 is 37.3 Å². The summed E-state index contributed by atoms with van der Waals surface area (Å²) in [6.07, 6.45) is -5.29. The molecule has 1 N–H and O–H groups in total. The van der Waals surface area contributed by atoms with Crippen LogP contribution in [0.15, 0.2) is 36.5 Å². The average Bonchev–Trinajstić information content (AvgIpc) is 2.64. The number of alkyl halides is 3. The van der Waals surface area contributed by atoms with Crippen LogP contribution in [0.2, 0.25) is 0 Å². The quantitative estimate of drug-likeness (QED) is 0.600. The standard InChI is InChI=1S/C23H27F3N2O5/c1-21(2,3)32-19(30)28(20(31)33-22(4,5)6)18-11-15(13-29)17(12-27-18)14-7-9-16(10-8-14)23(24,25)26/h7-12,29H,13H2,1-6H3. The summed E-state index contributed by atoms with van der Waals surface area (Å²) in [5, 5.41) is 9.86. The fourth-order valence-corrected chi connectivity index (χ4v) is 2.71. The number of imide groups is 1. The molecule has 2 aromatic rings. The Kier molecular flexibility index (Phi) is 7.43. The number of aliphatic hydroxyl groups is 1. The van der Waals surface area contributed by atoms with E-state index in [0.717, 1.165) is 12.1 Å². The van der Waals surface area contributed by atoms with E-state index in [1.165, 1.54) is 24.4 Å². The number of halogens is 3. The molecule has 0 aliphatic carbocycles. The van der Waals surface area contributed by atoms with Crippen molar-refractivity contribution in [2.45, 2.75) is 65.5 Å². The maximum atomic E-state index is 12.8. The number of amides is 2. The maximum absolute atomic E-state index is 12.8. The second-order valence-corrected chi connectivity index (χ2v) is 9.23. The van der Waals surface area contributed by atoms with Crippen molar-refractivity contribution in [3.63, 3.8) is 0 Å². The highest BCUT2D eigenvalue weighted by Gasteiger charge is 2.34. The molecule has 0 saturated heterocycles. The summed E-state index contributed by atoms with van der Waals surface area (Å²) in [6, 6.07) is 5.60. The van der Waals surface area contributed by atoms with Crippen molar-refractivity contribution >= 4 is 18.0 Å². The molecule has 1 aromatic heterocycles. The van der Waals surface area contributed by atoms with Gasteiger partial charge in [0.2, 0.25) is 0 Å². The number of hydrogen-bond acceptors (Lipinski definition) is 6. The summed E-state index contributed by atoms with van der Waals surface area (Å²) in [7, 11) is 0. The third-order valence-corrected chi connectivity index (χ3v) is 4.05. The van der Waals surface area contributed by atoms with E-state index in [-0.39, 0.29) is 11.4 Å². The number of carbonyl (C=O) groups is 2. The van der Waals surface area contributed by atoms with Crippen LogP contribution in [0.4, 0.5) is 28.6 Å². The number of carbonyl (C=O) groups excluding carboxylic acids is 2.